The van der Waals surface area contributed by atoms with Gasteiger partial charge in [-0.1, -0.05) is 40.4 Å². The van der Waals surface area contributed by atoms with Crippen LogP contribution in [0.2, 0.25) is 0 Å². The Morgan fingerprint density at radius 3 is 2.71 bits per heavy atom. The molecule has 1 aliphatic rings. The molecule has 0 aliphatic carbocycles. The maximum absolute atomic E-state index is 12.6. The number of aliphatic hydroxyl groups excluding tert-OH is 2. The highest BCUT2D eigenvalue weighted by atomic mass is 28.2. The molecule has 28 heavy (non-hydrogen) atoms. The lowest BCUT2D eigenvalue weighted by Gasteiger charge is -2.35. The van der Waals surface area contributed by atoms with Crippen molar-refractivity contribution in [3.63, 3.8) is 0 Å². The molecule has 5 N–H and O–H groups in total. The topological polar surface area (TPSA) is 131 Å². The van der Waals surface area contributed by atoms with Crippen molar-refractivity contribution in [3.8, 4) is 12.3 Å². The molecule has 0 spiro atoms. The van der Waals surface area contributed by atoms with Crippen LogP contribution < -0.4 is 16.6 Å². The SMILES string of the molecule is C#C[C@]1(O)[C@@H](O)[C@]([Si]c2cc(C)ccc2C)(n2ccc(N)nc2=O)O[C@@H]1CO. The lowest BCUT2D eigenvalue weighted by atomic mass is 9.93. The zero-order valence-electron chi connectivity index (χ0n) is 15.5. The molecule has 2 aromatic rings. The summed E-state index contributed by atoms with van der Waals surface area (Å²) in [6, 6.07) is 7.14. The number of rotatable bonds is 4. The van der Waals surface area contributed by atoms with Crippen LogP contribution in [0.1, 0.15) is 11.1 Å². The van der Waals surface area contributed by atoms with Crippen LogP contribution in [-0.2, 0) is 10.1 Å². The van der Waals surface area contributed by atoms with E-state index in [-0.39, 0.29) is 15.3 Å². The summed E-state index contributed by atoms with van der Waals surface area (Å²) < 4.78 is 7.00. The van der Waals surface area contributed by atoms with E-state index < -0.39 is 35.5 Å². The van der Waals surface area contributed by atoms with E-state index in [2.05, 4.69) is 10.9 Å². The van der Waals surface area contributed by atoms with E-state index in [1.807, 2.05) is 32.0 Å². The summed E-state index contributed by atoms with van der Waals surface area (Å²) in [7, 11) is -0.323. The molecule has 1 aromatic carbocycles. The molecule has 0 saturated carbocycles. The van der Waals surface area contributed by atoms with Crippen LogP contribution in [0.4, 0.5) is 5.82 Å². The molecule has 0 unspecified atom stereocenters. The molecule has 2 heterocycles. The highest BCUT2D eigenvalue weighted by Crippen LogP contribution is 2.40. The predicted octanol–water partition coefficient (Wildman–Crippen LogP) is -1.80. The summed E-state index contributed by atoms with van der Waals surface area (Å²) in [5.74, 6) is 2.13. The minimum absolute atomic E-state index is 0.00451. The maximum Gasteiger partial charge on any atom is 0.351 e. The molecule has 1 fully saturated rings. The maximum atomic E-state index is 12.6. The number of anilines is 1. The lowest BCUT2D eigenvalue weighted by Crippen LogP contribution is -2.60. The molecular formula is C19H21N3O5Si. The highest BCUT2D eigenvalue weighted by Gasteiger charge is 2.64. The third-order valence-electron chi connectivity index (χ3n) is 4.89. The number of nitrogen functional groups attached to an aromatic ring is 1. The first kappa shape index (κ1) is 20.3. The Kier molecular flexibility index (Phi) is 5.18. The lowest BCUT2D eigenvalue weighted by molar-refractivity contribution is -0.0911. The number of hydrogen-bond donors (Lipinski definition) is 4. The highest BCUT2D eigenvalue weighted by molar-refractivity contribution is 6.56. The first-order chi connectivity index (χ1) is 13.2. The molecule has 0 bridgehead atoms. The zero-order chi connectivity index (χ0) is 20.7. The van der Waals surface area contributed by atoms with Gasteiger partial charge >= 0.3 is 5.69 Å². The molecular weight excluding hydrogens is 378 g/mol. The quantitative estimate of drug-likeness (QED) is 0.352. The molecule has 9 heteroatoms. The molecule has 146 valence electrons. The third kappa shape index (κ3) is 3.05. The van der Waals surface area contributed by atoms with Crippen molar-refractivity contribution in [3.05, 3.63) is 52.1 Å². The second-order valence-electron chi connectivity index (χ2n) is 6.81. The van der Waals surface area contributed by atoms with Gasteiger partial charge in [-0.2, -0.15) is 4.98 Å². The van der Waals surface area contributed by atoms with E-state index in [1.54, 1.807) is 0 Å². The van der Waals surface area contributed by atoms with Crippen LogP contribution in [0.5, 0.6) is 0 Å². The number of aliphatic hydroxyl groups is 3. The summed E-state index contributed by atoms with van der Waals surface area (Å²) >= 11 is 0. The second kappa shape index (κ2) is 7.16. The molecule has 0 amide bonds. The van der Waals surface area contributed by atoms with Gasteiger partial charge in [-0.05, 0) is 19.9 Å². The van der Waals surface area contributed by atoms with Crippen molar-refractivity contribution in [1.29, 1.82) is 0 Å². The van der Waals surface area contributed by atoms with Crippen LogP contribution in [0.15, 0.2) is 35.3 Å². The number of terminal acetylenes is 1. The van der Waals surface area contributed by atoms with Crippen LogP contribution in [0.25, 0.3) is 0 Å². The minimum Gasteiger partial charge on any atom is -0.394 e. The van der Waals surface area contributed by atoms with Crippen molar-refractivity contribution in [1.82, 2.24) is 9.55 Å². The first-order valence-corrected chi connectivity index (χ1v) is 9.56. The van der Waals surface area contributed by atoms with Gasteiger partial charge in [0.05, 0.1) is 6.61 Å². The van der Waals surface area contributed by atoms with Gasteiger partial charge in [-0.15, -0.1) is 6.42 Å². The summed E-state index contributed by atoms with van der Waals surface area (Å²) in [4.78, 5) is 16.3. The van der Waals surface area contributed by atoms with Crippen LogP contribution >= 0.6 is 0 Å². The van der Waals surface area contributed by atoms with E-state index >= 15 is 0 Å². The van der Waals surface area contributed by atoms with Crippen molar-refractivity contribution in [2.45, 2.75) is 37.0 Å². The Morgan fingerprint density at radius 2 is 2.14 bits per heavy atom. The average Bonchev–Trinajstić information content (AvgIpc) is 2.87. The number of aryl methyl sites for hydroxylation is 2. The molecule has 1 saturated heterocycles. The van der Waals surface area contributed by atoms with Gasteiger partial charge in [0.1, 0.15) is 18.0 Å². The molecule has 8 nitrogen and oxygen atoms in total. The van der Waals surface area contributed by atoms with Gasteiger partial charge in [0.15, 0.2) is 20.5 Å². The monoisotopic (exact) mass is 399 g/mol. The van der Waals surface area contributed by atoms with Gasteiger partial charge in [0.25, 0.3) is 0 Å². The largest absolute Gasteiger partial charge is 0.394 e. The van der Waals surface area contributed by atoms with E-state index in [9.17, 15) is 20.1 Å². The smallest absolute Gasteiger partial charge is 0.351 e. The van der Waals surface area contributed by atoms with Crippen molar-refractivity contribution < 1.29 is 20.1 Å². The number of nitrogens with zero attached hydrogens (tertiary/aromatic N) is 2. The average molecular weight is 399 g/mol. The van der Waals surface area contributed by atoms with E-state index in [4.69, 9.17) is 16.9 Å². The number of aromatic nitrogens is 2. The number of ether oxygens (including phenoxy) is 1. The summed E-state index contributed by atoms with van der Waals surface area (Å²) in [6.45, 7) is 3.16. The predicted molar refractivity (Wildman–Crippen MR) is 104 cm³/mol. The van der Waals surface area contributed by atoms with Gasteiger partial charge < -0.3 is 25.8 Å². The molecule has 4 atom stereocenters. The molecule has 1 aromatic heterocycles. The number of hydrogen-bond acceptors (Lipinski definition) is 7. The Morgan fingerprint density at radius 1 is 1.43 bits per heavy atom. The normalized spacial score (nSPS) is 29.6. The van der Waals surface area contributed by atoms with Crippen molar-refractivity contribution >= 4 is 20.5 Å². The van der Waals surface area contributed by atoms with E-state index in [0.29, 0.717) is 0 Å². The standard InChI is InChI=1S/C19H21N3O5Si/c1-4-18(26)14(10-23)27-19(16(18)24,22-8-7-15(20)21-17(22)25)28-13-9-11(2)5-6-12(13)3/h1,5-9,14,16,23-24,26H,10H2,2-3H3,(H2,20,21,25)/t14-,16-,18-,19+/m1/s1. The molecule has 2 radical (unpaired) electrons. The number of nitrogens with two attached hydrogens (primary N) is 1. The Labute approximate surface area is 164 Å². The fraction of sp³-hybridized carbons (Fsp3) is 0.368. The number of benzene rings is 1. The van der Waals surface area contributed by atoms with Gasteiger partial charge in [0.2, 0.25) is 0 Å². The zero-order valence-corrected chi connectivity index (χ0v) is 16.5. The van der Waals surface area contributed by atoms with Gasteiger partial charge in [-0.25, -0.2) is 4.79 Å². The summed E-state index contributed by atoms with van der Waals surface area (Å²) in [6.07, 6.45) is 3.80. The van der Waals surface area contributed by atoms with Gasteiger partial charge in [-0.3, -0.25) is 4.57 Å². The fourth-order valence-corrected chi connectivity index (χ4v) is 5.09. The van der Waals surface area contributed by atoms with Crippen LogP contribution in [0.3, 0.4) is 0 Å². The van der Waals surface area contributed by atoms with Crippen LogP contribution in [-0.4, -0.2) is 58.8 Å². The fourth-order valence-electron chi connectivity index (χ4n) is 3.27. The first-order valence-electron chi connectivity index (χ1n) is 8.56. The minimum atomic E-state index is -2.19. The van der Waals surface area contributed by atoms with Crippen molar-refractivity contribution in [2.75, 3.05) is 12.3 Å². The third-order valence-corrected chi connectivity index (χ3v) is 6.69. The van der Waals surface area contributed by atoms with E-state index in [0.717, 1.165) is 20.9 Å². The molecule has 1 aliphatic heterocycles. The summed E-state index contributed by atoms with van der Waals surface area (Å²) in [5, 5.41) is 30.7. The molecule has 3 rings (SSSR count). The van der Waals surface area contributed by atoms with E-state index in [1.165, 1.54) is 12.3 Å². The van der Waals surface area contributed by atoms with Crippen molar-refractivity contribution in [2.24, 2.45) is 0 Å². The Hall–Kier alpha value is -2.48. The van der Waals surface area contributed by atoms with Crippen LogP contribution in [0, 0.1) is 26.2 Å². The van der Waals surface area contributed by atoms with Gasteiger partial charge in [0, 0.05) is 6.20 Å². The second-order valence-corrected chi connectivity index (χ2v) is 8.31. The summed E-state index contributed by atoms with van der Waals surface area (Å²) in [5.41, 5.74) is 4.51. The Balaban J connectivity index is 2.25. The Bertz CT molecular complexity index is 1000.